The smallest absolute Gasteiger partial charge is 0.173 e. The van der Waals surface area contributed by atoms with Gasteiger partial charge < -0.3 is 10.2 Å². The lowest BCUT2D eigenvalue weighted by Crippen LogP contribution is -2.49. The predicted octanol–water partition coefficient (Wildman–Crippen LogP) is 3.57. The molecule has 1 saturated heterocycles. The van der Waals surface area contributed by atoms with Crippen LogP contribution >= 0.6 is 23.6 Å². The van der Waals surface area contributed by atoms with Crippen molar-refractivity contribution in [3.8, 4) is 0 Å². The summed E-state index contributed by atoms with van der Waals surface area (Å²) in [5.41, 5.74) is 2.33. The first-order chi connectivity index (χ1) is 10.7. The Morgan fingerprint density at radius 3 is 2.50 bits per heavy atom. The molecule has 0 atom stereocenters. The molecule has 0 unspecified atom stereocenters. The molecule has 1 aliphatic rings. The molecular formula is C17H21N3S2. The Morgan fingerprint density at radius 2 is 1.86 bits per heavy atom. The van der Waals surface area contributed by atoms with Gasteiger partial charge in [0.15, 0.2) is 5.11 Å². The van der Waals surface area contributed by atoms with Crippen molar-refractivity contribution in [2.24, 2.45) is 0 Å². The summed E-state index contributed by atoms with van der Waals surface area (Å²) in [5, 5.41) is 6.32. The number of nitrogens with zero attached hydrogens (tertiary/aromatic N) is 2. The minimum absolute atomic E-state index is 0.833. The highest BCUT2D eigenvalue weighted by atomic mass is 32.1. The Labute approximate surface area is 141 Å². The predicted molar refractivity (Wildman–Crippen MR) is 98.6 cm³/mol. The van der Waals surface area contributed by atoms with Gasteiger partial charge in [-0.05, 0) is 42.7 Å². The molecular weight excluding hydrogens is 310 g/mol. The molecule has 3 rings (SSSR count). The molecule has 1 fully saturated rings. The van der Waals surface area contributed by atoms with Crippen LogP contribution in [0.4, 0.5) is 5.69 Å². The standard InChI is InChI=1S/C17H21N3S2/c1-14-4-6-15(7-5-14)18-17(21)20-10-8-19(9-11-20)13-16-3-2-12-22-16/h2-7,12H,8-11,13H2,1H3,(H,18,21). The second-order valence-corrected chi connectivity index (χ2v) is 7.06. The number of rotatable bonds is 3. The molecule has 2 aromatic rings. The maximum absolute atomic E-state index is 5.54. The van der Waals surface area contributed by atoms with Crippen molar-refractivity contribution >= 4 is 34.4 Å². The zero-order chi connectivity index (χ0) is 15.4. The Balaban J connectivity index is 1.48. The minimum atomic E-state index is 0.833. The summed E-state index contributed by atoms with van der Waals surface area (Å²) in [6, 6.07) is 12.7. The normalized spacial score (nSPS) is 15.8. The maximum Gasteiger partial charge on any atom is 0.173 e. The summed E-state index contributed by atoms with van der Waals surface area (Å²) >= 11 is 7.37. The highest BCUT2D eigenvalue weighted by Crippen LogP contribution is 2.15. The van der Waals surface area contributed by atoms with Crippen LogP contribution in [0, 0.1) is 6.92 Å². The first-order valence-corrected chi connectivity index (χ1v) is 8.87. The fourth-order valence-electron chi connectivity index (χ4n) is 2.57. The molecule has 3 nitrogen and oxygen atoms in total. The fraction of sp³-hybridized carbons (Fsp3) is 0.353. The topological polar surface area (TPSA) is 18.5 Å². The van der Waals surface area contributed by atoms with Gasteiger partial charge in [-0.15, -0.1) is 11.3 Å². The van der Waals surface area contributed by atoms with E-state index in [0.717, 1.165) is 43.5 Å². The van der Waals surface area contributed by atoms with E-state index in [2.05, 4.69) is 63.8 Å². The van der Waals surface area contributed by atoms with E-state index in [1.54, 1.807) is 0 Å². The quantitative estimate of drug-likeness (QED) is 0.866. The Kier molecular flexibility index (Phi) is 5.08. The molecule has 0 bridgehead atoms. The highest BCUT2D eigenvalue weighted by Gasteiger charge is 2.19. The Morgan fingerprint density at radius 1 is 1.14 bits per heavy atom. The van der Waals surface area contributed by atoms with E-state index in [9.17, 15) is 0 Å². The van der Waals surface area contributed by atoms with Crippen molar-refractivity contribution in [2.45, 2.75) is 13.5 Å². The Bertz CT molecular complexity index is 599. The molecule has 116 valence electrons. The van der Waals surface area contributed by atoms with Crippen LogP contribution in [0.15, 0.2) is 41.8 Å². The summed E-state index contributed by atoms with van der Waals surface area (Å²) in [5.74, 6) is 0. The van der Waals surface area contributed by atoms with E-state index in [1.807, 2.05) is 11.3 Å². The molecule has 5 heteroatoms. The number of benzene rings is 1. The fourth-order valence-corrected chi connectivity index (χ4v) is 3.62. The average molecular weight is 332 g/mol. The van der Waals surface area contributed by atoms with Crippen LogP contribution < -0.4 is 5.32 Å². The van der Waals surface area contributed by atoms with Gasteiger partial charge in [0, 0.05) is 43.3 Å². The van der Waals surface area contributed by atoms with E-state index in [1.165, 1.54) is 10.4 Å². The number of hydrogen-bond donors (Lipinski definition) is 1. The average Bonchev–Trinajstić information content (AvgIpc) is 3.03. The SMILES string of the molecule is Cc1ccc(NC(=S)N2CCN(Cc3cccs3)CC2)cc1. The van der Waals surface area contributed by atoms with E-state index in [-0.39, 0.29) is 0 Å². The van der Waals surface area contributed by atoms with Gasteiger partial charge in [0.05, 0.1) is 0 Å². The van der Waals surface area contributed by atoms with Gasteiger partial charge in [0.2, 0.25) is 0 Å². The summed E-state index contributed by atoms with van der Waals surface area (Å²) in [4.78, 5) is 6.20. The summed E-state index contributed by atoms with van der Waals surface area (Å²) in [7, 11) is 0. The van der Waals surface area contributed by atoms with E-state index < -0.39 is 0 Å². The van der Waals surface area contributed by atoms with Crippen molar-refractivity contribution in [1.29, 1.82) is 0 Å². The van der Waals surface area contributed by atoms with Crippen molar-refractivity contribution in [3.05, 3.63) is 52.2 Å². The number of thiophene rings is 1. The third-order valence-electron chi connectivity index (χ3n) is 3.92. The molecule has 0 radical (unpaired) electrons. The lowest BCUT2D eigenvalue weighted by atomic mass is 10.2. The van der Waals surface area contributed by atoms with E-state index in [4.69, 9.17) is 12.2 Å². The lowest BCUT2D eigenvalue weighted by molar-refractivity contribution is 0.178. The molecule has 1 aliphatic heterocycles. The molecule has 1 N–H and O–H groups in total. The third-order valence-corrected chi connectivity index (χ3v) is 5.14. The second kappa shape index (κ2) is 7.22. The van der Waals surface area contributed by atoms with Crippen LogP contribution in [0.25, 0.3) is 0 Å². The first-order valence-electron chi connectivity index (χ1n) is 7.58. The number of thiocarbonyl (C=S) groups is 1. The van der Waals surface area contributed by atoms with Gasteiger partial charge >= 0.3 is 0 Å². The minimum Gasteiger partial charge on any atom is -0.346 e. The number of aryl methyl sites for hydroxylation is 1. The van der Waals surface area contributed by atoms with Crippen LogP contribution in [-0.2, 0) is 6.54 Å². The molecule has 0 amide bonds. The van der Waals surface area contributed by atoms with Gasteiger partial charge in [-0.25, -0.2) is 0 Å². The second-order valence-electron chi connectivity index (χ2n) is 5.64. The molecule has 1 aromatic heterocycles. The molecule has 22 heavy (non-hydrogen) atoms. The van der Waals surface area contributed by atoms with E-state index >= 15 is 0 Å². The van der Waals surface area contributed by atoms with Crippen LogP contribution in [0.5, 0.6) is 0 Å². The molecule has 1 aromatic carbocycles. The van der Waals surface area contributed by atoms with Gasteiger partial charge in [-0.1, -0.05) is 23.8 Å². The number of piperazine rings is 1. The molecule has 0 aliphatic carbocycles. The van der Waals surface area contributed by atoms with Gasteiger partial charge in [0.25, 0.3) is 0 Å². The third kappa shape index (κ3) is 4.06. The Hall–Kier alpha value is -1.43. The lowest BCUT2D eigenvalue weighted by Gasteiger charge is -2.36. The van der Waals surface area contributed by atoms with Crippen molar-refractivity contribution < 1.29 is 0 Å². The largest absolute Gasteiger partial charge is 0.346 e. The van der Waals surface area contributed by atoms with Gasteiger partial charge in [0.1, 0.15) is 0 Å². The van der Waals surface area contributed by atoms with Crippen molar-refractivity contribution in [2.75, 3.05) is 31.5 Å². The van der Waals surface area contributed by atoms with Crippen molar-refractivity contribution in [3.63, 3.8) is 0 Å². The van der Waals surface area contributed by atoms with Crippen LogP contribution in [-0.4, -0.2) is 41.1 Å². The van der Waals surface area contributed by atoms with Gasteiger partial charge in [-0.3, -0.25) is 4.90 Å². The van der Waals surface area contributed by atoms with Crippen LogP contribution in [0.3, 0.4) is 0 Å². The van der Waals surface area contributed by atoms with Crippen LogP contribution in [0.1, 0.15) is 10.4 Å². The van der Waals surface area contributed by atoms with Gasteiger partial charge in [-0.2, -0.15) is 0 Å². The van der Waals surface area contributed by atoms with Crippen LogP contribution in [0.2, 0.25) is 0 Å². The van der Waals surface area contributed by atoms with Crippen molar-refractivity contribution in [1.82, 2.24) is 9.80 Å². The number of anilines is 1. The summed E-state index contributed by atoms with van der Waals surface area (Å²) < 4.78 is 0. The zero-order valence-corrected chi connectivity index (χ0v) is 14.4. The molecule has 0 spiro atoms. The molecule has 2 heterocycles. The summed E-state index contributed by atoms with van der Waals surface area (Å²) in [6.45, 7) is 7.26. The first kappa shape index (κ1) is 15.5. The zero-order valence-electron chi connectivity index (χ0n) is 12.8. The number of nitrogens with one attached hydrogen (secondary N) is 1. The number of hydrogen-bond acceptors (Lipinski definition) is 3. The summed E-state index contributed by atoms with van der Waals surface area (Å²) in [6.07, 6.45) is 0. The molecule has 0 saturated carbocycles. The maximum atomic E-state index is 5.54. The highest BCUT2D eigenvalue weighted by molar-refractivity contribution is 7.80. The van der Waals surface area contributed by atoms with E-state index in [0.29, 0.717) is 0 Å². The monoisotopic (exact) mass is 331 g/mol.